The molecule has 0 bridgehead atoms. The molecule has 5 rings (SSSR count). The average molecular weight is 502 g/mol. The van der Waals surface area contributed by atoms with Gasteiger partial charge in [-0.3, -0.25) is 10.2 Å². The second-order valence-corrected chi connectivity index (χ2v) is 9.35. The lowest BCUT2D eigenvalue weighted by atomic mass is 10.0. The van der Waals surface area contributed by atoms with Crippen molar-refractivity contribution in [2.75, 3.05) is 25.0 Å². The van der Waals surface area contributed by atoms with Gasteiger partial charge in [0, 0.05) is 44.4 Å². The van der Waals surface area contributed by atoms with Crippen LogP contribution < -0.4 is 20.9 Å². The van der Waals surface area contributed by atoms with Crippen LogP contribution in [0, 0.1) is 5.41 Å². The van der Waals surface area contributed by atoms with Crippen molar-refractivity contribution in [1.82, 2.24) is 35.9 Å². The Morgan fingerprint density at radius 2 is 1.95 bits per heavy atom. The first-order valence-electron chi connectivity index (χ1n) is 12.3. The van der Waals surface area contributed by atoms with Gasteiger partial charge < -0.3 is 30.6 Å². The van der Waals surface area contributed by atoms with Gasteiger partial charge in [-0.15, -0.1) is 0 Å². The molecule has 2 aromatic heterocycles. The molecular weight excluding hydrogens is 470 g/mol. The molecule has 4 heterocycles. The molecule has 11 heteroatoms. The number of aromatic amines is 1. The molecule has 0 saturated carbocycles. The normalized spacial score (nSPS) is 22.4. The molecule has 2 aliphatic heterocycles. The highest BCUT2D eigenvalue weighted by Gasteiger charge is 2.32. The molecule has 1 aromatic carbocycles. The number of rotatable bonds is 6. The summed E-state index contributed by atoms with van der Waals surface area (Å²) in [7, 11) is 1.71. The second kappa shape index (κ2) is 10.0. The smallest absolute Gasteiger partial charge is 0.261 e. The number of imidazole rings is 1. The number of morpholine rings is 1. The van der Waals surface area contributed by atoms with E-state index in [1.807, 2.05) is 25.1 Å². The number of amides is 1. The topological polar surface area (TPSA) is 144 Å². The lowest BCUT2D eigenvalue weighted by Gasteiger charge is -2.36. The lowest BCUT2D eigenvalue weighted by molar-refractivity contribution is -0.115. The van der Waals surface area contributed by atoms with E-state index in [1.165, 1.54) is 0 Å². The Kier molecular flexibility index (Phi) is 6.62. The van der Waals surface area contributed by atoms with Crippen LogP contribution in [-0.2, 0) is 9.53 Å². The summed E-state index contributed by atoms with van der Waals surface area (Å²) in [6.07, 6.45) is 5.19. The summed E-state index contributed by atoms with van der Waals surface area (Å²) in [5.41, 5.74) is 3.69. The van der Waals surface area contributed by atoms with Crippen LogP contribution in [0.2, 0.25) is 0 Å². The third kappa shape index (κ3) is 4.90. The summed E-state index contributed by atoms with van der Waals surface area (Å²) in [5, 5.41) is 17.8. The minimum absolute atomic E-state index is 0.129. The van der Waals surface area contributed by atoms with E-state index in [0.29, 0.717) is 23.0 Å². The van der Waals surface area contributed by atoms with E-state index >= 15 is 0 Å². The minimum atomic E-state index is -0.365. The van der Waals surface area contributed by atoms with Crippen molar-refractivity contribution in [3.8, 4) is 0 Å². The number of carbonyl (C=O) groups is 1. The third-order valence-corrected chi connectivity index (χ3v) is 6.35. The number of fused-ring (bicyclic) bond motifs is 1. The van der Waals surface area contributed by atoms with E-state index in [4.69, 9.17) is 15.1 Å². The first-order chi connectivity index (χ1) is 17.8. The molecule has 0 spiro atoms. The zero-order valence-electron chi connectivity index (χ0n) is 21.3. The van der Waals surface area contributed by atoms with Gasteiger partial charge in [-0.2, -0.15) is 0 Å². The summed E-state index contributed by atoms with van der Waals surface area (Å²) in [4.78, 5) is 32.3. The van der Waals surface area contributed by atoms with Gasteiger partial charge in [-0.25, -0.2) is 15.0 Å². The van der Waals surface area contributed by atoms with Crippen LogP contribution in [0.1, 0.15) is 38.5 Å². The van der Waals surface area contributed by atoms with Gasteiger partial charge in [0.05, 0.1) is 40.7 Å². The SMILES string of the molecule is CN/C=C1/NC(=O)C(c2nc3ccc(N4C[C@@H](C)O[C@@H](C)C4)cc3[nH]2)=C(NC(C)c2ncccn2)C1=N. The second-order valence-electron chi connectivity index (χ2n) is 9.35. The molecule has 1 amide bonds. The van der Waals surface area contributed by atoms with Gasteiger partial charge in [-0.05, 0) is 45.0 Å². The Hall–Kier alpha value is -4.25. The van der Waals surface area contributed by atoms with Crippen LogP contribution in [0.5, 0.6) is 0 Å². The van der Waals surface area contributed by atoms with E-state index in [-0.39, 0.29) is 35.4 Å². The summed E-state index contributed by atoms with van der Waals surface area (Å²) >= 11 is 0. The fourth-order valence-corrected chi connectivity index (χ4v) is 4.76. The van der Waals surface area contributed by atoms with Crippen LogP contribution >= 0.6 is 0 Å². The quantitative estimate of drug-likeness (QED) is 0.346. The van der Waals surface area contributed by atoms with Gasteiger partial charge in [0.1, 0.15) is 22.9 Å². The van der Waals surface area contributed by atoms with Crippen molar-refractivity contribution in [3.63, 3.8) is 0 Å². The van der Waals surface area contributed by atoms with Crippen LogP contribution in [0.4, 0.5) is 5.69 Å². The average Bonchev–Trinajstić information content (AvgIpc) is 3.29. The van der Waals surface area contributed by atoms with Crippen LogP contribution in [0.3, 0.4) is 0 Å². The maximum atomic E-state index is 13.3. The first-order valence-corrected chi connectivity index (χ1v) is 12.3. The number of nitrogens with zero attached hydrogens (tertiary/aromatic N) is 4. The van der Waals surface area contributed by atoms with E-state index in [0.717, 1.165) is 29.8 Å². The van der Waals surface area contributed by atoms with Crippen molar-refractivity contribution in [3.05, 3.63) is 65.9 Å². The molecule has 3 atom stereocenters. The lowest BCUT2D eigenvalue weighted by Crippen LogP contribution is -2.45. The first kappa shape index (κ1) is 24.4. The van der Waals surface area contributed by atoms with Gasteiger partial charge in [0.25, 0.3) is 5.91 Å². The Bertz CT molecular complexity index is 1390. The van der Waals surface area contributed by atoms with Crippen LogP contribution in [0.25, 0.3) is 16.6 Å². The highest BCUT2D eigenvalue weighted by Crippen LogP contribution is 2.29. The van der Waals surface area contributed by atoms with Crippen LogP contribution in [-0.4, -0.2) is 63.9 Å². The molecular formula is C26H31N9O2. The number of anilines is 1. The van der Waals surface area contributed by atoms with E-state index in [2.05, 4.69) is 49.6 Å². The summed E-state index contributed by atoms with van der Waals surface area (Å²) in [6.45, 7) is 7.64. The molecule has 0 aliphatic carbocycles. The monoisotopic (exact) mass is 501 g/mol. The Balaban J connectivity index is 1.55. The summed E-state index contributed by atoms with van der Waals surface area (Å²) in [5.74, 6) is 0.567. The maximum absolute atomic E-state index is 13.3. The van der Waals surface area contributed by atoms with Crippen molar-refractivity contribution in [2.45, 2.75) is 39.0 Å². The predicted octanol–water partition coefficient (Wildman–Crippen LogP) is 2.24. The van der Waals surface area contributed by atoms with Gasteiger partial charge >= 0.3 is 0 Å². The van der Waals surface area contributed by atoms with Gasteiger partial charge in [0.2, 0.25) is 0 Å². The van der Waals surface area contributed by atoms with Gasteiger partial charge in [-0.1, -0.05) is 0 Å². The molecule has 3 aromatic rings. The fraction of sp³-hybridized carbons (Fsp3) is 0.346. The third-order valence-electron chi connectivity index (χ3n) is 6.35. The molecule has 11 nitrogen and oxygen atoms in total. The molecule has 1 unspecified atom stereocenters. The number of benzene rings is 1. The molecule has 37 heavy (non-hydrogen) atoms. The Morgan fingerprint density at radius 1 is 1.22 bits per heavy atom. The van der Waals surface area contributed by atoms with Crippen LogP contribution in [0.15, 0.2) is 54.3 Å². The largest absolute Gasteiger partial charge is 0.392 e. The van der Waals surface area contributed by atoms with Crippen molar-refractivity contribution >= 4 is 33.9 Å². The molecule has 1 fully saturated rings. The van der Waals surface area contributed by atoms with E-state index < -0.39 is 0 Å². The molecule has 192 valence electrons. The van der Waals surface area contributed by atoms with Crippen molar-refractivity contribution < 1.29 is 9.53 Å². The number of ether oxygens (including phenoxy) is 1. The van der Waals surface area contributed by atoms with Crippen molar-refractivity contribution in [1.29, 1.82) is 5.41 Å². The Labute approximate surface area is 214 Å². The number of hydrogen-bond acceptors (Lipinski definition) is 9. The number of hydrogen-bond donors (Lipinski definition) is 5. The minimum Gasteiger partial charge on any atom is -0.392 e. The van der Waals surface area contributed by atoms with E-state index in [1.54, 1.807) is 31.7 Å². The molecule has 2 aliphatic rings. The highest BCUT2D eigenvalue weighted by molar-refractivity contribution is 6.33. The zero-order chi connectivity index (χ0) is 26.1. The highest BCUT2D eigenvalue weighted by atomic mass is 16.5. The number of nitrogens with one attached hydrogen (secondary N) is 5. The Morgan fingerprint density at radius 3 is 2.65 bits per heavy atom. The fourth-order valence-electron chi connectivity index (χ4n) is 4.76. The number of aromatic nitrogens is 4. The van der Waals surface area contributed by atoms with Crippen molar-refractivity contribution in [2.24, 2.45) is 0 Å². The van der Waals surface area contributed by atoms with E-state index in [9.17, 15) is 4.79 Å². The maximum Gasteiger partial charge on any atom is 0.261 e. The van der Waals surface area contributed by atoms with Gasteiger partial charge in [0.15, 0.2) is 0 Å². The molecule has 5 N–H and O–H groups in total. The predicted molar refractivity (Wildman–Crippen MR) is 142 cm³/mol. The summed E-state index contributed by atoms with van der Waals surface area (Å²) in [6, 6.07) is 7.42. The number of carbonyl (C=O) groups excluding carboxylic acids is 1. The number of H-pyrrole nitrogens is 1. The molecule has 1 saturated heterocycles. The standard InChI is InChI=1S/C26H31N9O2/c1-14-12-35(13-15(2)37-14)17-6-7-18-19(10-17)33-25(32-18)21-23(22(27)20(11-28-4)34-26(21)36)31-16(3)24-29-8-5-9-30-24/h5-11,14-16,27-28,31H,12-13H2,1-4H3,(H,32,33)(H,34,36)/b20-11+,27-22?/t14-,15+,16?. The summed E-state index contributed by atoms with van der Waals surface area (Å²) < 4.78 is 5.87. The zero-order valence-corrected chi connectivity index (χ0v) is 21.3. The molecule has 0 radical (unpaired) electrons.